The number of aliphatic hydroxyl groups is 1. The lowest BCUT2D eigenvalue weighted by Gasteiger charge is -2.14. The first-order valence-electron chi connectivity index (χ1n) is 7.41. The minimum atomic E-state index is -0.325. The highest BCUT2D eigenvalue weighted by Gasteiger charge is 2.09. The summed E-state index contributed by atoms with van der Waals surface area (Å²) in [6.45, 7) is 5.02. The zero-order valence-corrected chi connectivity index (χ0v) is 12.6. The predicted molar refractivity (Wildman–Crippen MR) is 82.8 cm³/mol. The van der Waals surface area contributed by atoms with Crippen molar-refractivity contribution >= 4 is 16.9 Å². The first-order chi connectivity index (χ1) is 10.1. The van der Waals surface area contributed by atoms with E-state index in [2.05, 4.69) is 10.3 Å². The number of imidazole rings is 1. The van der Waals surface area contributed by atoms with Gasteiger partial charge in [-0.05, 0) is 31.4 Å². The third-order valence-corrected chi connectivity index (χ3v) is 3.50. The summed E-state index contributed by atoms with van der Waals surface area (Å²) in [5, 5.41) is 12.2. The molecule has 0 saturated heterocycles. The Morgan fingerprint density at radius 1 is 1.38 bits per heavy atom. The molecule has 1 amide bonds. The van der Waals surface area contributed by atoms with Crippen molar-refractivity contribution in [2.24, 2.45) is 5.92 Å². The summed E-state index contributed by atoms with van der Waals surface area (Å²) >= 11 is 0. The van der Waals surface area contributed by atoms with Gasteiger partial charge >= 0.3 is 0 Å². The molecule has 2 rings (SSSR count). The van der Waals surface area contributed by atoms with Crippen LogP contribution in [0, 0.1) is 5.92 Å². The Kier molecular flexibility index (Phi) is 5.33. The topological polar surface area (TPSA) is 67.2 Å². The van der Waals surface area contributed by atoms with Gasteiger partial charge in [-0.1, -0.05) is 19.1 Å². The second-order valence-corrected chi connectivity index (χ2v) is 5.67. The van der Waals surface area contributed by atoms with Crippen molar-refractivity contribution in [2.45, 2.75) is 39.3 Å². The fourth-order valence-corrected chi connectivity index (χ4v) is 2.45. The third kappa shape index (κ3) is 4.56. The number of para-hydroxylation sites is 2. The molecule has 21 heavy (non-hydrogen) atoms. The number of nitrogens with zero attached hydrogens (tertiary/aromatic N) is 2. The maximum atomic E-state index is 11.9. The number of aliphatic hydroxyl groups excluding tert-OH is 1. The van der Waals surface area contributed by atoms with Gasteiger partial charge in [0, 0.05) is 19.5 Å². The van der Waals surface area contributed by atoms with Crippen LogP contribution in [0.2, 0.25) is 0 Å². The molecule has 1 aromatic heterocycles. The third-order valence-electron chi connectivity index (χ3n) is 3.50. The van der Waals surface area contributed by atoms with Crippen LogP contribution < -0.4 is 5.32 Å². The second kappa shape index (κ2) is 7.22. The van der Waals surface area contributed by atoms with Crippen molar-refractivity contribution in [3.63, 3.8) is 0 Å². The van der Waals surface area contributed by atoms with Crippen molar-refractivity contribution in [3.8, 4) is 0 Å². The molecule has 2 unspecified atom stereocenters. The summed E-state index contributed by atoms with van der Waals surface area (Å²) in [4.78, 5) is 16.2. The smallest absolute Gasteiger partial charge is 0.221 e. The number of aryl methyl sites for hydroxylation is 1. The van der Waals surface area contributed by atoms with Gasteiger partial charge in [0.2, 0.25) is 5.91 Å². The molecule has 0 aliphatic rings. The highest BCUT2D eigenvalue weighted by molar-refractivity contribution is 5.77. The molecule has 0 saturated carbocycles. The van der Waals surface area contributed by atoms with E-state index in [1.165, 1.54) is 0 Å². The lowest BCUT2D eigenvalue weighted by atomic mass is 10.0. The van der Waals surface area contributed by atoms with Crippen molar-refractivity contribution in [2.75, 3.05) is 6.54 Å². The van der Waals surface area contributed by atoms with E-state index in [-0.39, 0.29) is 17.9 Å². The number of nitrogens with one attached hydrogen (secondary N) is 1. The summed E-state index contributed by atoms with van der Waals surface area (Å²) in [5.41, 5.74) is 2.00. The molecule has 2 aromatic rings. The van der Waals surface area contributed by atoms with Gasteiger partial charge in [-0.3, -0.25) is 4.79 Å². The van der Waals surface area contributed by atoms with Crippen molar-refractivity contribution in [1.29, 1.82) is 0 Å². The number of benzene rings is 1. The average Bonchev–Trinajstić information content (AvgIpc) is 2.85. The lowest BCUT2D eigenvalue weighted by Crippen LogP contribution is -2.30. The number of amides is 1. The van der Waals surface area contributed by atoms with Crippen molar-refractivity contribution in [1.82, 2.24) is 14.9 Å². The Morgan fingerprint density at radius 2 is 2.14 bits per heavy atom. The first kappa shape index (κ1) is 15.5. The molecular weight excluding hydrogens is 266 g/mol. The number of carbonyl (C=O) groups is 1. The monoisotopic (exact) mass is 289 g/mol. The van der Waals surface area contributed by atoms with Crippen LogP contribution >= 0.6 is 0 Å². The highest BCUT2D eigenvalue weighted by atomic mass is 16.3. The molecule has 0 radical (unpaired) electrons. The van der Waals surface area contributed by atoms with Crippen molar-refractivity contribution < 1.29 is 9.90 Å². The van der Waals surface area contributed by atoms with Crippen LogP contribution in [0.15, 0.2) is 30.6 Å². The summed E-state index contributed by atoms with van der Waals surface area (Å²) in [5.74, 6) is 0.313. The van der Waals surface area contributed by atoms with Crippen molar-refractivity contribution in [3.05, 3.63) is 30.6 Å². The number of hydrogen-bond acceptors (Lipinski definition) is 3. The molecule has 2 atom stereocenters. The van der Waals surface area contributed by atoms with Crippen LogP contribution in [0.4, 0.5) is 0 Å². The number of fused-ring (bicyclic) bond motifs is 1. The number of aromatic nitrogens is 2. The minimum absolute atomic E-state index is 0.0326. The van der Waals surface area contributed by atoms with Gasteiger partial charge in [0.1, 0.15) is 0 Å². The van der Waals surface area contributed by atoms with Gasteiger partial charge in [0.25, 0.3) is 0 Å². The van der Waals surface area contributed by atoms with Gasteiger partial charge in [0.15, 0.2) is 0 Å². The Hall–Kier alpha value is -1.88. The molecule has 0 bridgehead atoms. The minimum Gasteiger partial charge on any atom is -0.393 e. The fourth-order valence-electron chi connectivity index (χ4n) is 2.45. The molecule has 1 heterocycles. The van der Waals surface area contributed by atoms with Gasteiger partial charge < -0.3 is 15.0 Å². The van der Waals surface area contributed by atoms with E-state index in [1.807, 2.05) is 35.8 Å². The van der Waals surface area contributed by atoms with E-state index in [9.17, 15) is 9.90 Å². The fraction of sp³-hybridized carbons (Fsp3) is 0.500. The molecule has 5 heteroatoms. The predicted octanol–water partition coefficient (Wildman–Crippen LogP) is 1.95. The largest absolute Gasteiger partial charge is 0.393 e. The molecule has 0 fully saturated rings. The quantitative estimate of drug-likeness (QED) is 0.818. The molecule has 114 valence electrons. The number of rotatable bonds is 7. The average molecular weight is 289 g/mol. The van der Waals surface area contributed by atoms with Crippen LogP contribution in [0.1, 0.15) is 26.7 Å². The first-order valence-corrected chi connectivity index (χ1v) is 7.41. The van der Waals surface area contributed by atoms with Gasteiger partial charge in [0.05, 0.1) is 23.5 Å². The van der Waals surface area contributed by atoms with Gasteiger partial charge in [-0.15, -0.1) is 0 Å². The number of carbonyl (C=O) groups excluding carboxylic acids is 1. The standard InChI is InChI=1S/C16H23N3O2/c1-12(9-13(2)20)10-17-16(21)7-8-19-11-18-14-5-3-4-6-15(14)19/h3-6,11-13,20H,7-10H2,1-2H3,(H,17,21). The molecule has 0 aliphatic carbocycles. The lowest BCUT2D eigenvalue weighted by molar-refractivity contribution is -0.121. The molecule has 5 nitrogen and oxygen atoms in total. The molecule has 2 N–H and O–H groups in total. The van der Waals surface area contributed by atoms with Gasteiger partial charge in [-0.25, -0.2) is 4.98 Å². The molecular formula is C16H23N3O2. The summed E-state index contributed by atoms with van der Waals surface area (Å²) < 4.78 is 1.99. The zero-order valence-electron chi connectivity index (χ0n) is 12.6. The Balaban J connectivity index is 1.79. The summed E-state index contributed by atoms with van der Waals surface area (Å²) in [6.07, 6.45) is 2.58. The second-order valence-electron chi connectivity index (χ2n) is 5.67. The van der Waals surface area contributed by atoms with Crippen LogP contribution in [0.25, 0.3) is 11.0 Å². The highest BCUT2D eigenvalue weighted by Crippen LogP contribution is 2.12. The Labute approximate surface area is 125 Å². The van der Waals surface area contributed by atoms with Gasteiger partial charge in [-0.2, -0.15) is 0 Å². The number of hydrogen-bond donors (Lipinski definition) is 2. The summed E-state index contributed by atoms with van der Waals surface area (Å²) in [6, 6.07) is 7.89. The van der Waals surface area contributed by atoms with E-state index in [0.717, 1.165) is 11.0 Å². The molecule has 1 aromatic carbocycles. The maximum absolute atomic E-state index is 11.9. The maximum Gasteiger partial charge on any atom is 0.221 e. The SMILES string of the molecule is CC(O)CC(C)CNC(=O)CCn1cnc2ccccc21. The Bertz CT molecular complexity index is 592. The van der Waals surface area contributed by atoms with Crippen LogP contribution in [-0.4, -0.2) is 33.2 Å². The molecule has 0 aliphatic heterocycles. The zero-order chi connectivity index (χ0) is 15.2. The van der Waals surface area contributed by atoms with Crippen LogP contribution in [-0.2, 0) is 11.3 Å². The van der Waals surface area contributed by atoms with E-state index in [0.29, 0.717) is 25.9 Å². The van der Waals surface area contributed by atoms with E-state index < -0.39 is 0 Å². The van der Waals surface area contributed by atoms with E-state index in [4.69, 9.17) is 0 Å². The summed E-state index contributed by atoms with van der Waals surface area (Å²) in [7, 11) is 0. The Morgan fingerprint density at radius 3 is 2.90 bits per heavy atom. The normalized spacial score (nSPS) is 14.0. The van der Waals surface area contributed by atoms with E-state index in [1.54, 1.807) is 13.3 Å². The van der Waals surface area contributed by atoms with Crippen LogP contribution in [0.5, 0.6) is 0 Å². The van der Waals surface area contributed by atoms with E-state index >= 15 is 0 Å². The van der Waals surface area contributed by atoms with Crippen LogP contribution in [0.3, 0.4) is 0 Å². The molecule has 0 spiro atoms.